The molecule has 1 aliphatic heterocycles. The number of hydrogen-bond donors (Lipinski definition) is 1. The van der Waals surface area contributed by atoms with Crippen molar-refractivity contribution in [2.75, 3.05) is 51.8 Å². The molecule has 21 heavy (non-hydrogen) atoms. The third-order valence-electron chi connectivity index (χ3n) is 3.13. The number of Topliss-reactive ketones (excluding diaryl/α,β-unsaturated/α-hetero) is 1. The Morgan fingerprint density at radius 3 is 2.76 bits per heavy atom. The minimum atomic E-state index is -0.585. The molecule has 1 aromatic rings. The van der Waals surface area contributed by atoms with Gasteiger partial charge >= 0.3 is 5.97 Å². The zero-order valence-electron chi connectivity index (χ0n) is 12.2. The summed E-state index contributed by atoms with van der Waals surface area (Å²) in [5, 5.41) is 3.72. The summed E-state index contributed by atoms with van der Waals surface area (Å²) in [6.07, 6.45) is 0. The lowest BCUT2D eigenvalue weighted by molar-refractivity contribution is 0.0398. The van der Waals surface area contributed by atoms with Crippen LogP contribution in [0.1, 0.15) is 27.1 Å². The molecule has 0 aromatic carbocycles. The van der Waals surface area contributed by atoms with Gasteiger partial charge in [0.2, 0.25) is 0 Å². The van der Waals surface area contributed by atoms with Crippen molar-refractivity contribution < 1.29 is 19.1 Å². The van der Waals surface area contributed by atoms with Crippen LogP contribution in [0.5, 0.6) is 0 Å². The molecule has 1 aliphatic rings. The van der Waals surface area contributed by atoms with Crippen LogP contribution in [0.2, 0.25) is 0 Å². The summed E-state index contributed by atoms with van der Waals surface area (Å²) in [6.45, 7) is 6.35. The van der Waals surface area contributed by atoms with Crippen LogP contribution in [-0.2, 0) is 9.47 Å². The largest absolute Gasteiger partial charge is 0.464 e. The van der Waals surface area contributed by atoms with Crippen LogP contribution < -0.4 is 5.32 Å². The number of ether oxygens (including phenoxy) is 2. The molecule has 0 bridgehead atoms. The first-order valence-corrected chi connectivity index (χ1v) is 7.57. The molecule has 0 unspecified atom stereocenters. The molecule has 1 saturated heterocycles. The van der Waals surface area contributed by atoms with Gasteiger partial charge in [-0.25, -0.2) is 9.78 Å². The number of ketones is 1. The van der Waals surface area contributed by atoms with E-state index in [1.165, 1.54) is 25.4 Å². The molecule has 1 fully saturated rings. The van der Waals surface area contributed by atoms with E-state index in [1.807, 2.05) is 0 Å². The quantitative estimate of drug-likeness (QED) is 0.616. The lowest BCUT2D eigenvalue weighted by Crippen LogP contribution is -2.39. The molecule has 0 spiro atoms. The minimum Gasteiger partial charge on any atom is -0.464 e. The molecule has 2 heterocycles. The van der Waals surface area contributed by atoms with Gasteiger partial charge < -0.3 is 14.8 Å². The number of carbonyl (C=O) groups excluding carboxylic acids is 2. The number of hydrogen-bond acceptors (Lipinski definition) is 8. The Morgan fingerprint density at radius 2 is 2.14 bits per heavy atom. The SMILES string of the molecule is COC(=O)c1nc(NCCN2CCOCC2)sc1C(C)=O. The van der Waals surface area contributed by atoms with Gasteiger partial charge in [-0.05, 0) is 0 Å². The van der Waals surface area contributed by atoms with E-state index in [0.29, 0.717) is 16.6 Å². The number of carbonyl (C=O) groups is 2. The lowest BCUT2D eigenvalue weighted by atomic mass is 10.3. The van der Waals surface area contributed by atoms with Crippen LogP contribution in [0.3, 0.4) is 0 Å². The van der Waals surface area contributed by atoms with Crippen molar-refractivity contribution in [1.29, 1.82) is 0 Å². The molecule has 0 radical (unpaired) electrons. The summed E-state index contributed by atoms with van der Waals surface area (Å²) in [5.74, 6) is -0.771. The van der Waals surface area contributed by atoms with Crippen LogP contribution in [0, 0.1) is 0 Å². The van der Waals surface area contributed by atoms with Gasteiger partial charge in [0.25, 0.3) is 0 Å². The minimum absolute atomic E-state index is 0.0869. The second kappa shape index (κ2) is 7.48. The predicted molar refractivity (Wildman–Crippen MR) is 79.2 cm³/mol. The van der Waals surface area contributed by atoms with E-state index in [9.17, 15) is 9.59 Å². The third kappa shape index (κ3) is 4.23. The van der Waals surface area contributed by atoms with Gasteiger partial charge in [0.15, 0.2) is 16.6 Å². The Bertz CT molecular complexity index is 512. The maximum absolute atomic E-state index is 11.6. The number of esters is 1. The number of nitrogens with one attached hydrogen (secondary N) is 1. The summed E-state index contributed by atoms with van der Waals surface area (Å²) >= 11 is 1.18. The number of rotatable bonds is 6. The Kier molecular flexibility index (Phi) is 5.66. The monoisotopic (exact) mass is 313 g/mol. The normalized spacial score (nSPS) is 15.7. The van der Waals surface area contributed by atoms with E-state index in [4.69, 9.17) is 4.74 Å². The summed E-state index contributed by atoms with van der Waals surface area (Å²) < 4.78 is 9.93. The van der Waals surface area contributed by atoms with Crippen molar-refractivity contribution in [1.82, 2.24) is 9.88 Å². The molecule has 1 aromatic heterocycles. The molecule has 8 heteroatoms. The second-order valence-electron chi connectivity index (χ2n) is 4.63. The zero-order chi connectivity index (χ0) is 15.2. The molecule has 116 valence electrons. The van der Waals surface area contributed by atoms with Gasteiger partial charge in [0, 0.05) is 33.1 Å². The smallest absolute Gasteiger partial charge is 0.358 e. The van der Waals surface area contributed by atoms with Gasteiger partial charge in [-0.1, -0.05) is 11.3 Å². The fourth-order valence-corrected chi connectivity index (χ4v) is 2.89. The average molecular weight is 313 g/mol. The van der Waals surface area contributed by atoms with E-state index in [1.54, 1.807) is 0 Å². The molecule has 0 saturated carbocycles. The maximum atomic E-state index is 11.6. The van der Waals surface area contributed by atoms with E-state index in [2.05, 4.69) is 19.9 Å². The molecular weight excluding hydrogens is 294 g/mol. The number of aromatic nitrogens is 1. The topological polar surface area (TPSA) is 80.8 Å². The van der Waals surface area contributed by atoms with E-state index >= 15 is 0 Å². The Balaban J connectivity index is 1.93. The highest BCUT2D eigenvalue weighted by molar-refractivity contribution is 7.17. The Morgan fingerprint density at radius 1 is 1.43 bits per heavy atom. The van der Waals surface area contributed by atoms with Crippen molar-refractivity contribution in [2.24, 2.45) is 0 Å². The van der Waals surface area contributed by atoms with Crippen LogP contribution in [0.25, 0.3) is 0 Å². The van der Waals surface area contributed by atoms with Crippen molar-refractivity contribution in [3.8, 4) is 0 Å². The van der Waals surface area contributed by atoms with Gasteiger partial charge in [-0.15, -0.1) is 0 Å². The summed E-state index contributed by atoms with van der Waals surface area (Å²) in [4.78, 5) is 29.9. The van der Waals surface area contributed by atoms with Crippen molar-refractivity contribution >= 4 is 28.2 Å². The van der Waals surface area contributed by atoms with Gasteiger partial charge in [0.05, 0.1) is 20.3 Å². The van der Waals surface area contributed by atoms with E-state index < -0.39 is 5.97 Å². The number of methoxy groups -OCH3 is 1. The fraction of sp³-hybridized carbons (Fsp3) is 0.615. The predicted octanol–water partition coefficient (Wildman–Crippen LogP) is 0.876. The van der Waals surface area contributed by atoms with Crippen LogP contribution in [-0.4, -0.2) is 68.1 Å². The summed E-state index contributed by atoms with van der Waals surface area (Å²) in [6, 6.07) is 0. The van der Waals surface area contributed by atoms with Crippen molar-refractivity contribution in [2.45, 2.75) is 6.92 Å². The number of thiazole rings is 1. The Hall–Kier alpha value is -1.51. The molecular formula is C13H19N3O4S. The first-order valence-electron chi connectivity index (χ1n) is 6.76. The molecule has 7 nitrogen and oxygen atoms in total. The molecule has 0 aliphatic carbocycles. The van der Waals surface area contributed by atoms with E-state index in [-0.39, 0.29) is 11.5 Å². The number of morpholine rings is 1. The lowest BCUT2D eigenvalue weighted by Gasteiger charge is -2.26. The highest BCUT2D eigenvalue weighted by Crippen LogP contribution is 2.24. The Labute approximate surface area is 127 Å². The maximum Gasteiger partial charge on any atom is 0.358 e. The van der Waals surface area contributed by atoms with Crippen LogP contribution >= 0.6 is 11.3 Å². The number of anilines is 1. The second-order valence-corrected chi connectivity index (χ2v) is 5.62. The van der Waals surface area contributed by atoms with Crippen molar-refractivity contribution in [3.63, 3.8) is 0 Å². The third-order valence-corrected chi connectivity index (χ3v) is 4.25. The molecule has 0 atom stereocenters. The summed E-state index contributed by atoms with van der Waals surface area (Å²) in [7, 11) is 1.27. The molecule has 0 amide bonds. The van der Waals surface area contributed by atoms with Gasteiger partial charge in [-0.2, -0.15) is 0 Å². The van der Waals surface area contributed by atoms with Gasteiger partial charge in [-0.3, -0.25) is 9.69 Å². The standard InChI is InChI=1S/C13H19N3O4S/c1-9(17)11-10(12(18)19-2)15-13(21-11)14-3-4-16-5-7-20-8-6-16/h3-8H2,1-2H3,(H,14,15). The highest BCUT2D eigenvalue weighted by atomic mass is 32.1. The fourth-order valence-electron chi connectivity index (χ4n) is 2.02. The summed E-state index contributed by atoms with van der Waals surface area (Å²) in [5.41, 5.74) is 0.0869. The molecule has 1 N–H and O–H groups in total. The zero-order valence-corrected chi connectivity index (χ0v) is 13.0. The molecule has 2 rings (SSSR count). The first kappa shape index (κ1) is 15.9. The van der Waals surface area contributed by atoms with E-state index in [0.717, 1.165) is 32.8 Å². The first-order chi connectivity index (χ1) is 10.1. The number of nitrogens with zero attached hydrogens (tertiary/aromatic N) is 2. The highest BCUT2D eigenvalue weighted by Gasteiger charge is 2.21. The van der Waals surface area contributed by atoms with Crippen molar-refractivity contribution in [3.05, 3.63) is 10.6 Å². The van der Waals surface area contributed by atoms with Crippen LogP contribution in [0.4, 0.5) is 5.13 Å². The van der Waals surface area contributed by atoms with Crippen LogP contribution in [0.15, 0.2) is 0 Å². The average Bonchev–Trinajstić information content (AvgIpc) is 2.92. The van der Waals surface area contributed by atoms with Gasteiger partial charge in [0.1, 0.15) is 4.88 Å².